The molecule has 0 spiro atoms. The monoisotopic (exact) mass is 471 g/mol. The van der Waals surface area contributed by atoms with Crippen LogP contribution < -0.4 is 5.32 Å². The third-order valence-electron chi connectivity index (χ3n) is 6.17. The number of nitrogens with zero attached hydrogens (tertiary/aromatic N) is 2. The smallest absolute Gasteiger partial charge is 0.238 e. The second-order valence-corrected chi connectivity index (χ2v) is 10.1. The summed E-state index contributed by atoms with van der Waals surface area (Å²) >= 11 is 7.58. The molecule has 2 heterocycles. The number of halogens is 1. The fraction of sp³-hybridized carbons (Fsp3) is 0.440. The third kappa shape index (κ3) is 6.27. The molecule has 7 heteroatoms. The lowest BCUT2D eigenvalue weighted by molar-refractivity contribution is -0.138. The summed E-state index contributed by atoms with van der Waals surface area (Å²) in [7, 11) is 0. The second kappa shape index (κ2) is 11.2. The number of hydrogen-bond donors (Lipinski definition) is 1. The van der Waals surface area contributed by atoms with Gasteiger partial charge in [-0.1, -0.05) is 35.5 Å². The van der Waals surface area contributed by atoms with Crippen LogP contribution in [0.1, 0.15) is 32.1 Å². The molecular weight excluding hydrogens is 442 g/mol. The molecule has 0 saturated carbocycles. The lowest BCUT2D eigenvalue weighted by Crippen LogP contribution is -2.45. The molecule has 32 heavy (non-hydrogen) atoms. The summed E-state index contributed by atoms with van der Waals surface area (Å²) in [6.07, 6.45) is 5.17. The predicted octanol–water partition coefficient (Wildman–Crippen LogP) is 5.15. The van der Waals surface area contributed by atoms with Crippen molar-refractivity contribution in [2.24, 2.45) is 5.92 Å². The van der Waals surface area contributed by atoms with Gasteiger partial charge in [-0.3, -0.25) is 14.5 Å². The minimum absolute atomic E-state index is 0.0186. The van der Waals surface area contributed by atoms with Crippen LogP contribution in [0.15, 0.2) is 58.3 Å². The van der Waals surface area contributed by atoms with E-state index in [0.717, 1.165) is 67.3 Å². The highest BCUT2D eigenvalue weighted by Gasteiger charge is 2.29. The number of amides is 2. The van der Waals surface area contributed by atoms with E-state index in [1.165, 1.54) is 6.42 Å². The van der Waals surface area contributed by atoms with E-state index < -0.39 is 0 Å². The molecule has 170 valence electrons. The Morgan fingerprint density at radius 2 is 1.62 bits per heavy atom. The number of carbonyl (C=O) groups is 2. The van der Waals surface area contributed by atoms with Crippen molar-refractivity contribution in [3.63, 3.8) is 0 Å². The van der Waals surface area contributed by atoms with Crippen LogP contribution >= 0.6 is 23.4 Å². The molecule has 5 nitrogen and oxygen atoms in total. The zero-order chi connectivity index (χ0) is 22.3. The second-order valence-electron chi connectivity index (χ2n) is 8.54. The van der Waals surface area contributed by atoms with Gasteiger partial charge in [0, 0.05) is 33.8 Å². The molecule has 2 aromatic carbocycles. The summed E-state index contributed by atoms with van der Waals surface area (Å²) < 4.78 is 0. The summed E-state index contributed by atoms with van der Waals surface area (Å²) in [6.45, 7) is 3.76. The molecule has 2 aliphatic rings. The molecule has 0 aromatic heterocycles. The molecule has 2 saturated heterocycles. The van der Waals surface area contributed by atoms with Crippen molar-refractivity contribution in [2.75, 3.05) is 38.0 Å². The van der Waals surface area contributed by atoms with Gasteiger partial charge in [0.05, 0.1) is 12.2 Å². The minimum Gasteiger partial charge on any atom is -0.342 e. The van der Waals surface area contributed by atoms with E-state index in [1.807, 2.05) is 53.4 Å². The van der Waals surface area contributed by atoms with Crippen LogP contribution in [-0.4, -0.2) is 54.3 Å². The molecule has 4 rings (SSSR count). The van der Waals surface area contributed by atoms with E-state index in [-0.39, 0.29) is 11.8 Å². The average Bonchev–Trinajstić information content (AvgIpc) is 2.82. The Balaban J connectivity index is 1.27. The maximum Gasteiger partial charge on any atom is 0.238 e. The Kier molecular flexibility index (Phi) is 8.11. The van der Waals surface area contributed by atoms with Gasteiger partial charge in [0.2, 0.25) is 11.8 Å². The summed E-state index contributed by atoms with van der Waals surface area (Å²) in [5, 5.41) is 3.78. The SMILES string of the molecule is O=C(CN1CCC(C(=O)N2CCCCC2)CC1)Nc1ccccc1Sc1ccc(Cl)cc1. The highest BCUT2D eigenvalue weighted by molar-refractivity contribution is 7.99. The Hall–Kier alpha value is -2.02. The third-order valence-corrected chi connectivity index (χ3v) is 7.51. The Morgan fingerprint density at radius 3 is 2.34 bits per heavy atom. The van der Waals surface area contributed by atoms with E-state index in [4.69, 9.17) is 11.6 Å². The lowest BCUT2D eigenvalue weighted by Gasteiger charge is -2.35. The van der Waals surface area contributed by atoms with Gasteiger partial charge in [0.1, 0.15) is 0 Å². The van der Waals surface area contributed by atoms with Gasteiger partial charge in [-0.25, -0.2) is 0 Å². The Morgan fingerprint density at radius 1 is 0.938 bits per heavy atom. The first-order valence-corrected chi connectivity index (χ1v) is 12.6. The minimum atomic E-state index is -0.0186. The van der Waals surface area contributed by atoms with Crippen LogP contribution in [0.3, 0.4) is 0 Å². The number of benzene rings is 2. The molecule has 0 aliphatic carbocycles. The van der Waals surface area contributed by atoms with Crippen molar-refractivity contribution in [3.8, 4) is 0 Å². The number of likely N-dealkylation sites (tertiary alicyclic amines) is 2. The van der Waals surface area contributed by atoms with Gasteiger partial charge < -0.3 is 10.2 Å². The van der Waals surface area contributed by atoms with Crippen molar-refractivity contribution in [2.45, 2.75) is 41.9 Å². The fourth-order valence-electron chi connectivity index (χ4n) is 4.39. The van der Waals surface area contributed by atoms with Crippen LogP contribution in [0, 0.1) is 5.92 Å². The molecule has 1 N–H and O–H groups in total. The molecule has 0 radical (unpaired) electrons. The van der Waals surface area contributed by atoms with Crippen LogP contribution in [0.5, 0.6) is 0 Å². The van der Waals surface area contributed by atoms with Crippen LogP contribution in [0.4, 0.5) is 5.69 Å². The van der Waals surface area contributed by atoms with Crippen LogP contribution in [0.25, 0.3) is 0 Å². The van der Waals surface area contributed by atoms with Gasteiger partial charge in [0.15, 0.2) is 0 Å². The first kappa shape index (κ1) is 23.1. The molecule has 0 unspecified atom stereocenters. The highest BCUT2D eigenvalue weighted by atomic mass is 35.5. The molecule has 2 fully saturated rings. The number of rotatable bonds is 6. The fourth-order valence-corrected chi connectivity index (χ4v) is 5.42. The van der Waals surface area contributed by atoms with E-state index in [9.17, 15) is 9.59 Å². The number of nitrogens with one attached hydrogen (secondary N) is 1. The molecule has 0 atom stereocenters. The van der Waals surface area contributed by atoms with Gasteiger partial charge in [-0.05, 0) is 81.6 Å². The van der Waals surface area contributed by atoms with Crippen LogP contribution in [0.2, 0.25) is 5.02 Å². The standard InChI is InChI=1S/C25H30ClN3O2S/c26-20-8-10-21(11-9-20)32-23-7-3-2-6-22(23)27-24(30)18-28-16-12-19(13-17-28)25(31)29-14-4-1-5-15-29/h2-3,6-11,19H,1,4-5,12-18H2,(H,27,30). The van der Waals surface area contributed by atoms with Crippen molar-refractivity contribution in [1.29, 1.82) is 0 Å². The van der Waals surface area contributed by atoms with Gasteiger partial charge in [-0.2, -0.15) is 0 Å². The summed E-state index contributed by atoms with van der Waals surface area (Å²) in [6, 6.07) is 15.5. The maximum absolute atomic E-state index is 12.7. The molecule has 0 bridgehead atoms. The van der Waals surface area contributed by atoms with Crippen molar-refractivity contribution < 1.29 is 9.59 Å². The van der Waals surface area contributed by atoms with E-state index in [0.29, 0.717) is 17.5 Å². The van der Waals surface area contributed by atoms with E-state index in [1.54, 1.807) is 11.8 Å². The zero-order valence-electron chi connectivity index (χ0n) is 18.3. The number of hydrogen-bond acceptors (Lipinski definition) is 4. The summed E-state index contributed by atoms with van der Waals surface area (Å²) in [5.41, 5.74) is 0.813. The predicted molar refractivity (Wildman–Crippen MR) is 130 cm³/mol. The number of anilines is 1. The average molecular weight is 472 g/mol. The van der Waals surface area contributed by atoms with Crippen molar-refractivity contribution in [3.05, 3.63) is 53.6 Å². The Bertz CT molecular complexity index is 923. The van der Waals surface area contributed by atoms with E-state index >= 15 is 0 Å². The maximum atomic E-state index is 12.7. The molecule has 2 aromatic rings. The lowest BCUT2D eigenvalue weighted by atomic mass is 9.94. The van der Waals surface area contributed by atoms with Crippen LogP contribution in [-0.2, 0) is 9.59 Å². The first-order valence-electron chi connectivity index (χ1n) is 11.4. The molecule has 2 aliphatic heterocycles. The van der Waals surface area contributed by atoms with Gasteiger partial charge >= 0.3 is 0 Å². The Labute approximate surface area is 199 Å². The largest absolute Gasteiger partial charge is 0.342 e. The molecular formula is C25H30ClN3O2S. The first-order chi connectivity index (χ1) is 15.6. The number of carbonyl (C=O) groups excluding carboxylic acids is 2. The zero-order valence-corrected chi connectivity index (χ0v) is 19.8. The van der Waals surface area contributed by atoms with E-state index in [2.05, 4.69) is 10.2 Å². The number of piperidine rings is 2. The highest BCUT2D eigenvalue weighted by Crippen LogP contribution is 2.34. The quantitative estimate of drug-likeness (QED) is 0.632. The van der Waals surface area contributed by atoms with Crippen molar-refractivity contribution in [1.82, 2.24) is 9.80 Å². The summed E-state index contributed by atoms with van der Waals surface area (Å²) in [5.74, 6) is 0.417. The number of para-hydroxylation sites is 1. The molecule has 2 amide bonds. The topological polar surface area (TPSA) is 52.7 Å². The normalized spacial score (nSPS) is 17.8. The van der Waals surface area contributed by atoms with Gasteiger partial charge in [-0.15, -0.1) is 0 Å². The van der Waals surface area contributed by atoms with Gasteiger partial charge in [0.25, 0.3) is 0 Å². The summed E-state index contributed by atoms with van der Waals surface area (Å²) in [4.78, 5) is 31.8. The van der Waals surface area contributed by atoms with Crippen molar-refractivity contribution >= 4 is 40.9 Å².